The molecule has 0 radical (unpaired) electrons. The summed E-state index contributed by atoms with van der Waals surface area (Å²) in [7, 11) is 1.97. The summed E-state index contributed by atoms with van der Waals surface area (Å²) >= 11 is 0. The lowest BCUT2D eigenvalue weighted by molar-refractivity contribution is -0.274. The number of anilines is 2. The zero-order valence-electron chi connectivity index (χ0n) is 20.5. The number of hydrogen-bond acceptors (Lipinski definition) is 9. The molecule has 2 aromatic heterocycles. The van der Waals surface area contributed by atoms with Crippen molar-refractivity contribution in [2.24, 2.45) is 0 Å². The topological polar surface area (TPSA) is 127 Å². The summed E-state index contributed by atoms with van der Waals surface area (Å²) in [5.74, 6) is -1.36. The summed E-state index contributed by atoms with van der Waals surface area (Å²) in [5.41, 5.74) is 7.23. The summed E-state index contributed by atoms with van der Waals surface area (Å²) in [6, 6.07) is 6.83. The fourth-order valence-corrected chi connectivity index (χ4v) is 3.87. The third-order valence-electron chi connectivity index (χ3n) is 5.94. The number of aromatic nitrogens is 3. The van der Waals surface area contributed by atoms with E-state index >= 15 is 0 Å². The fraction of sp³-hybridized carbons (Fsp3) is 0.320. The van der Waals surface area contributed by atoms with Crippen molar-refractivity contribution >= 4 is 23.3 Å². The molecule has 3 heterocycles. The van der Waals surface area contributed by atoms with Crippen LogP contribution in [0.4, 0.5) is 24.8 Å². The Hall–Kier alpha value is -4.10. The van der Waals surface area contributed by atoms with Crippen molar-refractivity contribution in [3.05, 3.63) is 60.2 Å². The summed E-state index contributed by atoms with van der Waals surface area (Å²) in [5, 5.41) is 2.47. The van der Waals surface area contributed by atoms with Gasteiger partial charge in [0.1, 0.15) is 0 Å². The normalized spacial score (nSPS) is 14.7. The number of amides is 1. The van der Waals surface area contributed by atoms with Crippen LogP contribution in [0, 0.1) is 0 Å². The van der Waals surface area contributed by atoms with Crippen molar-refractivity contribution < 1.29 is 27.5 Å². The number of benzene rings is 1. The predicted molar refractivity (Wildman–Crippen MR) is 133 cm³/mol. The number of halogens is 3. The van der Waals surface area contributed by atoms with Gasteiger partial charge in [-0.1, -0.05) is 6.07 Å². The zero-order valence-corrected chi connectivity index (χ0v) is 20.5. The highest BCUT2D eigenvalue weighted by Gasteiger charge is 2.32. The third-order valence-corrected chi connectivity index (χ3v) is 5.94. The first-order valence-corrected chi connectivity index (χ1v) is 11.7. The van der Waals surface area contributed by atoms with E-state index in [1.807, 2.05) is 11.9 Å². The number of rotatable bonds is 8. The highest BCUT2D eigenvalue weighted by molar-refractivity contribution is 6.00. The maximum absolute atomic E-state index is 13.0. The number of ether oxygens (including phenoxy) is 1. The molecule has 1 fully saturated rings. The lowest BCUT2D eigenvalue weighted by Crippen LogP contribution is -2.47. The number of nitrogens with two attached hydrogens (primary N) is 1. The Balaban J connectivity index is 1.47. The van der Waals surface area contributed by atoms with Crippen molar-refractivity contribution in [3.8, 4) is 16.9 Å². The monoisotopic (exact) mass is 529 g/mol. The van der Waals surface area contributed by atoms with Crippen molar-refractivity contribution in [3.63, 3.8) is 0 Å². The molecule has 0 spiro atoms. The smallest absolute Gasteiger partial charge is 0.404 e. The van der Waals surface area contributed by atoms with Crippen LogP contribution in [-0.4, -0.2) is 82.6 Å². The van der Waals surface area contributed by atoms with Gasteiger partial charge in [0.25, 0.3) is 0 Å². The van der Waals surface area contributed by atoms with E-state index in [2.05, 4.69) is 29.9 Å². The Labute approximate surface area is 216 Å². The maximum atomic E-state index is 13.0. The molecule has 1 aliphatic rings. The van der Waals surface area contributed by atoms with Gasteiger partial charge in [0.15, 0.2) is 11.5 Å². The lowest BCUT2D eigenvalue weighted by Gasteiger charge is -2.31. The average Bonchev–Trinajstić information content (AvgIpc) is 2.86. The van der Waals surface area contributed by atoms with Gasteiger partial charge in [0.05, 0.1) is 18.7 Å². The first kappa shape index (κ1) is 26.9. The van der Waals surface area contributed by atoms with E-state index in [1.54, 1.807) is 30.7 Å². The minimum Gasteiger partial charge on any atom is -0.404 e. The van der Waals surface area contributed by atoms with Gasteiger partial charge < -0.3 is 20.7 Å². The number of piperazine rings is 1. The molecule has 0 atom stereocenters. The van der Waals surface area contributed by atoms with Crippen LogP contribution >= 0.6 is 0 Å². The van der Waals surface area contributed by atoms with Gasteiger partial charge in [0.2, 0.25) is 11.9 Å². The van der Waals surface area contributed by atoms with Gasteiger partial charge in [-0.2, -0.15) is 0 Å². The van der Waals surface area contributed by atoms with E-state index in [0.717, 1.165) is 24.7 Å². The SMILES string of the molecule is CN1CCN(CC(=O)Nc2cc(C(=O)Cc3ccc(-c4cnc(N)nc4)cn3)ccc2OC(F)(F)F)CC1. The van der Waals surface area contributed by atoms with Gasteiger partial charge >= 0.3 is 6.36 Å². The van der Waals surface area contributed by atoms with Gasteiger partial charge in [0, 0.05) is 67.2 Å². The molecule has 38 heavy (non-hydrogen) atoms. The molecule has 13 heteroatoms. The molecule has 0 bridgehead atoms. The van der Waals surface area contributed by atoms with Crippen molar-refractivity contribution in [1.82, 2.24) is 24.8 Å². The minimum atomic E-state index is -4.97. The molecule has 3 N–H and O–H groups in total. The molecule has 0 aliphatic carbocycles. The Morgan fingerprint density at radius 2 is 1.68 bits per heavy atom. The number of likely N-dealkylation sites (N-methyl/N-ethyl adjacent to an activating group) is 1. The van der Waals surface area contributed by atoms with Crippen LogP contribution in [0.1, 0.15) is 16.1 Å². The molecule has 1 saturated heterocycles. The second-order valence-electron chi connectivity index (χ2n) is 8.85. The number of nitrogens with one attached hydrogen (secondary N) is 1. The van der Waals surface area contributed by atoms with Crippen LogP contribution in [0.5, 0.6) is 5.75 Å². The van der Waals surface area contributed by atoms with E-state index in [1.165, 1.54) is 12.1 Å². The second kappa shape index (κ2) is 11.5. The summed E-state index contributed by atoms with van der Waals surface area (Å²) in [6.45, 7) is 2.88. The minimum absolute atomic E-state index is 0.00673. The van der Waals surface area contributed by atoms with Crippen LogP contribution in [0.25, 0.3) is 11.1 Å². The quantitative estimate of drug-likeness (QED) is 0.424. The van der Waals surface area contributed by atoms with Crippen molar-refractivity contribution in [2.45, 2.75) is 12.8 Å². The number of carbonyl (C=O) groups excluding carboxylic acids is 2. The predicted octanol–water partition coefficient (Wildman–Crippen LogP) is 2.63. The molecule has 1 amide bonds. The molecule has 200 valence electrons. The number of carbonyl (C=O) groups is 2. The Morgan fingerprint density at radius 3 is 2.32 bits per heavy atom. The third kappa shape index (κ3) is 7.46. The van der Waals surface area contributed by atoms with Gasteiger partial charge in [-0.25, -0.2) is 9.97 Å². The first-order valence-electron chi connectivity index (χ1n) is 11.7. The van der Waals surface area contributed by atoms with E-state index in [4.69, 9.17) is 5.73 Å². The van der Waals surface area contributed by atoms with Crippen LogP contribution in [0.15, 0.2) is 48.9 Å². The number of hydrogen-bond donors (Lipinski definition) is 2. The molecule has 0 saturated carbocycles. The highest BCUT2D eigenvalue weighted by Crippen LogP contribution is 2.32. The zero-order chi connectivity index (χ0) is 27.3. The number of alkyl halides is 3. The standard InChI is InChI=1S/C25H26F3N7O3/c1-34-6-8-35(9-7-34)15-23(37)33-20-10-16(3-5-22(20)38-25(26,27)28)21(36)11-19-4-2-17(12-30-19)18-13-31-24(29)32-14-18/h2-5,10,12-14H,6-9,11,15H2,1H3,(H,33,37)(H2,29,31,32). The van der Waals surface area contributed by atoms with E-state index < -0.39 is 23.8 Å². The van der Waals surface area contributed by atoms with Crippen LogP contribution < -0.4 is 15.8 Å². The van der Waals surface area contributed by atoms with Gasteiger partial charge in [-0.3, -0.25) is 19.5 Å². The van der Waals surface area contributed by atoms with Crippen LogP contribution in [0.2, 0.25) is 0 Å². The molecule has 3 aromatic rings. The molecular weight excluding hydrogens is 503 g/mol. The molecular formula is C25H26F3N7O3. The van der Waals surface area contributed by atoms with Gasteiger partial charge in [-0.15, -0.1) is 13.2 Å². The Bertz CT molecular complexity index is 1280. The van der Waals surface area contributed by atoms with Crippen molar-refractivity contribution in [1.29, 1.82) is 0 Å². The number of nitrogen functional groups attached to an aromatic ring is 1. The Kier molecular flexibility index (Phi) is 8.17. The molecule has 4 rings (SSSR count). The molecule has 1 aliphatic heterocycles. The van der Waals surface area contributed by atoms with Crippen molar-refractivity contribution in [2.75, 3.05) is 50.8 Å². The highest BCUT2D eigenvalue weighted by atomic mass is 19.4. The average molecular weight is 530 g/mol. The molecule has 10 nitrogen and oxygen atoms in total. The van der Waals surface area contributed by atoms with Crippen LogP contribution in [-0.2, 0) is 11.2 Å². The lowest BCUT2D eigenvalue weighted by atomic mass is 10.0. The van der Waals surface area contributed by atoms with E-state index in [0.29, 0.717) is 24.3 Å². The second-order valence-corrected chi connectivity index (χ2v) is 8.85. The summed E-state index contributed by atoms with van der Waals surface area (Å²) < 4.78 is 42.9. The van der Waals surface area contributed by atoms with E-state index in [-0.39, 0.29) is 30.2 Å². The Morgan fingerprint density at radius 1 is 1.00 bits per heavy atom. The van der Waals surface area contributed by atoms with Gasteiger partial charge in [-0.05, 0) is 31.3 Å². The number of nitrogens with zero attached hydrogens (tertiary/aromatic N) is 5. The maximum Gasteiger partial charge on any atom is 0.573 e. The number of Topliss-reactive ketones (excluding diaryl/α,β-unsaturated/α-hetero) is 1. The summed E-state index contributed by atoms with van der Waals surface area (Å²) in [6.07, 6.45) is -0.416. The first-order chi connectivity index (χ1) is 18.1. The molecule has 0 unspecified atom stereocenters. The van der Waals surface area contributed by atoms with Crippen LogP contribution in [0.3, 0.4) is 0 Å². The fourth-order valence-electron chi connectivity index (χ4n) is 3.87. The molecule has 1 aromatic carbocycles. The van der Waals surface area contributed by atoms with E-state index in [9.17, 15) is 22.8 Å². The summed E-state index contributed by atoms with van der Waals surface area (Å²) in [4.78, 5) is 41.7. The number of pyridine rings is 1. The largest absolute Gasteiger partial charge is 0.573 e. The number of ketones is 1.